The summed E-state index contributed by atoms with van der Waals surface area (Å²) in [6.07, 6.45) is 4.54. The van der Waals surface area contributed by atoms with Crippen molar-refractivity contribution >= 4 is 21.8 Å². The molecule has 1 heterocycles. The van der Waals surface area contributed by atoms with Gasteiger partial charge in [-0.15, -0.1) is 0 Å². The van der Waals surface area contributed by atoms with E-state index in [4.69, 9.17) is 5.14 Å². The number of aromatic nitrogens is 2. The van der Waals surface area contributed by atoms with Crippen LogP contribution < -0.4 is 16.0 Å². The highest BCUT2D eigenvalue weighted by molar-refractivity contribution is 7.89. The maximum absolute atomic E-state index is 11.7. The highest BCUT2D eigenvalue weighted by atomic mass is 32.2. The van der Waals surface area contributed by atoms with Gasteiger partial charge in [0.05, 0.1) is 11.1 Å². The van der Waals surface area contributed by atoms with E-state index in [2.05, 4.69) is 20.8 Å². The van der Waals surface area contributed by atoms with Crippen LogP contribution in [0.1, 0.15) is 22.5 Å². The molecule has 1 aromatic heterocycles. The molecule has 126 valence electrons. The second-order valence-corrected chi connectivity index (χ2v) is 6.34. The second-order valence-electron chi connectivity index (χ2n) is 4.78. The maximum Gasteiger partial charge on any atom is 0.289 e. The monoisotopic (exact) mass is 349 g/mol. The molecule has 0 radical (unpaired) electrons. The first-order chi connectivity index (χ1) is 11.4. The van der Waals surface area contributed by atoms with Crippen LogP contribution in [0.3, 0.4) is 0 Å². The van der Waals surface area contributed by atoms with Gasteiger partial charge in [0.2, 0.25) is 15.9 Å². The van der Waals surface area contributed by atoms with Crippen molar-refractivity contribution in [2.75, 3.05) is 0 Å². The van der Waals surface area contributed by atoms with Gasteiger partial charge < -0.3 is 0 Å². The molecular formula is C14H15N5O4S. The van der Waals surface area contributed by atoms with Crippen molar-refractivity contribution in [3.8, 4) is 0 Å². The number of aryl methyl sites for hydroxylation is 1. The standard InChI is InChI=1S/C14H15N5O4S/c15-24(22,23)11-4-1-10(2-5-11)3-6-13(20)18-19-14(21)12-9-16-7-8-17-12/h1-2,4-5,7-9H,3,6H2,(H,18,20)(H,19,21)(H2,15,22,23). The van der Waals surface area contributed by atoms with Gasteiger partial charge in [-0.25, -0.2) is 18.5 Å². The highest BCUT2D eigenvalue weighted by Crippen LogP contribution is 2.10. The first-order valence-electron chi connectivity index (χ1n) is 6.83. The van der Waals surface area contributed by atoms with Gasteiger partial charge >= 0.3 is 0 Å². The number of nitrogens with zero attached hydrogens (tertiary/aromatic N) is 2. The van der Waals surface area contributed by atoms with Crippen LogP contribution in [0.4, 0.5) is 0 Å². The minimum Gasteiger partial charge on any atom is -0.273 e. The van der Waals surface area contributed by atoms with Crippen molar-refractivity contribution in [2.24, 2.45) is 5.14 Å². The van der Waals surface area contributed by atoms with E-state index in [9.17, 15) is 18.0 Å². The number of carbonyl (C=O) groups is 2. The van der Waals surface area contributed by atoms with Gasteiger partial charge in [0.15, 0.2) is 0 Å². The smallest absolute Gasteiger partial charge is 0.273 e. The molecule has 0 fully saturated rings. The SMILES string of the molecule is NS(=O)(=O)c1ccc(CCC(=O)NNC(=O)c2cnccn2)cc1. The molecule has 0 saturated heterocycles. The van der Waals surface area contributed by atoms with Gasteiger partial charge in [0, 0.05) is 18.8 Å². The Morgan fingerprint density at radius 2 is 1.79 bits per heavy atom. The average molecular weight is 349 g/mol. The van der Waals surface area contributed by atoms with E-state index >= 15 is 0 Å². The lowest BCUT2D eigenvalue weighted by atomic mass is 10.1. The minimum atomic E-state index is -3.73. The van der Waals surface area contributed by atoms with Crippen LogP contribution in [-0.4, -0.2) is 30.2 Å². The summed E-state index contributed by atoms with van der Waals surface area (Å²) in [5.41, 5.74) is 5.33. The van der Waals surface area contributed by atoms with Gasteiger partial charge in [0.1, 0.15) is 5.69 Å². The molecule has 0 spiro atoms. The minimum absolute atomic E-state index is 0.00642. The summed E-state index contributed by atoms with van der Waals surface area (Å²) in [5.74, 6) is -0.975. The van der Waals surface area contributed by atoms with Crippen LogP contribution in [0.2, 0.25) is 0 Å². The molecule has 24 heavy (non-hydrogen) atoms. The zero-order valence-corrected chi connectivity index (χ0v) is 13.3. The summed E-state index contributed by atoms with van der Waals surface area (Å²) in [4.78, 5) is 30.9. The Balaban J connectivity index is 1.80. The Morgan fingerprint density at radius 1 is 1.08 bits per heavy atom. The lowest BCUT2D eigenvalue weighted by Crippen LogP contribution is -2.42. The molecule has 0 aliphatic rings. The summed E-state index contributed by atoms with van der Waals surface area (Å²) >= 11 is 0. The number of amides is 2. The number of hydrogen-bond donors (Lipinski definition) is 3. The van der Waals surface area contributed by atoms with Crippen LogP contribution in [-0.2, 0) is 21.2 Å². The van der Waals surface area contributed by atoms with E-state index < -0.39 is 21.8 Å². The molecule has 0 bridgehead atoms. The predicted octanol–water partition coefficient (Wildman–Crippen LogP) is -0.482. The maximum atomic E-state index is 11.7. The summed E-state index contributed by atoms with van der Waals surface area (Å²) in [6.45, 7) is 0. The quantitative estimate of drug-likeness (QED) is 0.622. The average Bonchev–Trinajstić information content (AvgIpc) is 2.58. The molecule has 0 unspecified atom stereocenters. The highest BCUT2D eigenvalue weighted by Gasteiger charge is 2.10. The third-order valence-corrected chi connectivity index (χ3v) is 3.93. The number of sulfonamides is 1. The molecular weight excluding hydrogens is 334 g/mol. The Labute approximate surface area is 138 Å². The Hall–Kier alpha value is -2.85. The fourth-order valence-electron chi connectivity index (χ4n) is 1.77. The van der Waals surface area contributed by atoms with E-state index in [1.54, 1.807) is 12.1 Å². The van der Waals surface area contributed by atoms with Gasteiger partial charge in [-0.05, 0) is 24.1 Å². The third-order valence-electron chi connectivity index (χ3n) is 3.00. The number of hydrazine groups is 1. The third kappa shape index (κ3) is 5.11. The van der Waals surface area contributed by atoms with Gasteiger partial charge in [-0.1, -0.05) is 12.1 Å². The normalized spacial score (nSPS) is 10.9. The number of nitrogens with one attached hydrogen (secondary N) is 2. The predicted molar refractivity (Wildman–Crippen MR) is 83.8 cm³/mol. The van der Waals surface area contributed by atoms with Gasteiger partial charge in [-0.3, -0.25) is 25.4 Å². The number of primary sulfonamides is 1. The van der Waals surface area contributed by atoms with Crippen LogP contribution in [0.5, 0.6) is 0 Å². The van der Waals surface area contributed by atoms with Crippen LogP contribution in [0.15, 0.2) is 47.8 Å². The van der Waals surface area contributed by atoms with Crippen LogP contribution in [0, 0.1) is 0 Å². The summed E-state index contributed by atoms with van der Waals surface area (Å²) in [7, 11) is -3.73. The lowest BCUT2D eigenvalue weighted by molar-refractivity contribution is -0.121. The van der Waals surface area contributed by atoms with E-state index in [1.807, 2.05) is 0 Å². The molecule has 10 heteroatoms. The van der Waals surface area contributed by atoms with Crippen molar-refractivity contribution < 1.29 is 18.0 Å². The molecule has 4 N–H and O–H groups in total. The van der Waals surface area contributed by atoms with E-state index in [-0.39, 0.29) is 17.0 Å². The van der Waals surface area contributed by atoms with E-state index in [1.165, 1.54) is 30.7 Å². The van der Waals surface area contributed by atoms with Crippen LogP contribution in [0.25, 0.3) is 0 Å². The molecule has 1 aromatic carbocycles. The Kier molecular flexibility index (Phi) is 5.55. The molecule has 2 amide bonds. The summed E-state index contributed by atoms with van der Waals surface area (Å²) in [6, 6.07) is 5.90. The zero-order valence-electron chi connectivity index (χ0n) is 12.5. The van der Waals surface area contributed by atoms with Gasteiger partial charge in [-0.2, -0.15) is 0 Å². The Morgan fingerprint density at radius 3 is 2.38 bits per heavy atom. The van der Waals surface area contributed by atoms with Crippen LogP contribution >= 0.6 is 0 Å². The Bertz CT molecular complexity index is 822. The van der Waals surface area contributed by atoms with Crippen molar-refractivity contribution in [1.82, 2.24) is 20.8 Å². The molecule has 9 nitrogen and oxygen atoms in total. The molecule has 2 rings (SSSR count). The summed E-state index contributed by atoms with van der Waals surface area (Å²) < 4.78 is 22.3. The first-order valence-corrected chi connectivity index (χ1v) is 8.38. The van der Waals surface area contributed by atoms with Crippen molar-refractivity contribution in [2.45, 2.75) is 17.7 Å². The van der Waals surface area contributed by atoms with Crippen molar-refractivity contribution in [3.05, 3.63) is 54.1 Å². The van der Waals surface area contributed by atoms with E-state index in [0.717, 1.165) is 5.56 Å². The molecule has 0 aliphatic heterocycles. The van der Waals surface area contributed by atoms with Crippen molar-refractivity contribution in [3.63, 3.8) is 0 Å². The lowest BCUT2D eigenvalue weighted by Gasteiger charge is -2.07. The number of rotatable bonds is 5. The number of carbonyl (C=O) groups excluding carboxylic acids is 2. The summed E-state index contributed by atoms with van der Waals surface area (Å²) in [5, 5.41) is 5.00. The molecule has 0 saturated carbocycles. The zero-order chi connectivity index (χ0) is 17.6. The first kappa shape index (κ1) is 17.5. The number of benzene rings is 1. The fraction of sp³-hybridized carbons (Fsp3) is 0.143. The molecule has 0 atom stereocenters. The number of hydrogen-bond acceptors (Lipinski definition) is 6. The molecule has 0 aliphatic carbocycles. The van der Waals surface area contributed by atoms with Gasteiger partial charge in [0.25, 0.3) is 5.91 Å². The topological polar surface area (TPSA) is 144 Å². The molecule has 2 aromatic rings. The largest absolute Gasteiger partial charge is 0.289 e. The van der Waals surface area contributed by atoms with E-state index in [0.29, 0.717) is 6.42 Å². The second kappa shape index (κ2) is 7.62. The van der Waals surface area contributed by atoms with Crippen molar-refractivity contribution in [1.29, 1.82) is 0 Å². The fourth-order valence-corrected chi connectivity index (χ4v) is 2.29. The number of nitrogens with two attached hydrogens (primary N) is 1.